The lowest BCUT2D eigenvalue weighted by Gasteiger charge is -2.14. The van der Waals surface area contributed by atoms with E-state index in [0.29, 0.717) is 18.4 Å². The highest BCUT2D eigenvalue weighted by Gasteiger charge is 2.09. The van der Waals surface area contributed by atoms with Crippen molar-refractivity contribution in [3.05, 3.63) is 11.6 Å². The number of methoxy groups -OCH3 is 2. The van der Waals surface area contributed by atoms with Gasteiger partial charge in [-0.2, -0.15) is 0 Å². The van der Waals surface area contributed by atoms with Crippen molar-refractivity contribution in [3.63, 3.8) is 0 Å². The molecule has 0 aromatic carbocycles. The number of rotatable bonds is 5. The molecular weight excluding hydrogens is 194 g/mol. The molecule has 0 N–H and O–H groups in total. The summed E-state index contributed by atoms with van der Waals surface area (Å²) in [5.41, 5.74) is 0. The van der Waals surface area contributed by atoms with Gasteiger partial charge in [-0.3, -0.25) is 0 Å². The molecule has 0 saturated carbocycles. The summed E-state index contributed by atoms with van der Waals surface area (Å²) in [5, 5.41) is 7.66. The van der Waals surface area contributed by atoms with Crippen molar-refractivity contribution in [1.82, 2.24) is 14.8 Å². The van der Waals surface area contributed by atoms with Crippen molar-refractivity contribution in [2.75, 3.05) is 20.8 Å². The Balaban J connectivity index is 2.51. The molecule has 0 saturated heterocycles. The largest absolute Gasteiger partial charge is 0.382 e. The molecule has 74 valence electrons. The second kappa shape index (κ2) is 5.16. The van der Waals surface area contributed by atoms with Gasteiger partial charge in [0.15, 0.2) is 0 Å². The summed E-state index contributed by atoms with van der Waals surface area (Å²) in [6.45, 7) is 1.11. The van der Waals surface area contributed by atoms with Crippen LogP contribution in [0.3, 0.4) is 0 Å². The quantitative estimate of drug-likeness (QED) is 0.706. The van der Waals surface area contributed by atoms with E-state index in [-0.39, 0.29) is 6.10 Å². The van der Waals surface area contributed by atoms with Gasteiger partial charge in [0, 0.05) is 14.2 Å². The van der Waals surface area contributed by atoms with Crippen molar-refractivity contribution in [2.24, 2.45) is 0 Å². The Hall–Kier alpha value is -0.650. The lowest BCUT2D eigenvalue weighted by Crippen LogP contribution is -2.23. The molecule has 0 aliphatic carbocycles. The molecule has 1 atom stereocenters. The fourth-order valence-corrected chi connectivity index (χ4v) is 1.12. The van der Waals surface area contributed by atoms with Gasteiger partial charge in [0.05, 0.1) is 19.3 Å². The predicted molar refractivity (Wildman–Crippen MR) is 47.7 cm³/mol. The molecule has 0 spiro atoms. The van der Waals surface area contributed by atoms with Gasteiger partial charge in [-0.25, -0.2) is 0 Å². The van der Waals surface area contributed by atoms with Crippen molar-refractivity contribution in [1.29, 1.82) is 0 Å². The number of halogens is 1. The van der Waals surface area contributed by atoms with Gasteiger partial charge in [0.25, 0.3) is 0 Å². The minimum absolute atomic E-state index is 0.0292. The van der Waals surface area contributed by atoms with Crippen LogP contribution in [0, 0.1) is 0 Å². The van der Waals surface area contributed by atoms with Gasteiger partial charge in [-0.05, 0) is 11.6 Å². The third kappa shape index (κ3) is 2.95. The van der Waals surface area contributed by atoms with E-state index in [4.69, 9.17) is 21.1 Å². The minimum atomic E-state index is -0.0292. The van der Waals surface area contributed by atoms with Crippen LogP contribution in [0.4, 0.5) is 0 Å². The van der Waals surface area contributed by atoms with Crippen molar-refractivity contribution < 1.29 is 9.47 Å². The topological polar surface area (TPSA) is 49.2 Å². The van der Waals surface area contributed by atoms with Gasteiger partial charge in [0.1, 0.15) is 6.33 Å². The zero-order valence-electron chi connectivity index (χ0n) is 7.61. The summed E-state index contributed by atoms with van der Waals surface area (Å²) in [6.07, 6.45) is 1.53. The Kier molecular flexibility index (Phi) is 4.14. The maximum Gasteiger partial charge on any atom is 0.224 e. The molecule has 0 radical (unpaired) electrons. The van der Waals surface area contributed by atoms with E-state index in [2.05, 4.69) is 10.2 Å². The van der Waals surface area contributed by atoms with Crippen LogP contribution in [-0.4, -0.2) is 41.7 Å². The fraction of sp³-hybridized carbons (Fsp3) is 0.714. The molecule has 1 aromatic heterocycles. The Morgan fingerprint density at radius 2 is 2.38 bits per heavy atom. The number of hydrogen-bond donors (Lipinski definition) is 0. The van der Waals surface area contributed by atoms with Crippen LogP contribution in [0.5, 0.6) is 0 Å². The molecule has 13 heavy (non-hydrogen) atoms. The van der Waals surface area contributed by atoms with Crippen molar-refractivity contribution in [3.8, 4) is 0 Å². The van der Waals surface area contributed by atoms with Crippen LogP contribution in [-0.2, 0) is 16.0 Å². The number of nitrogens with zero attached hydrogens (tertiary/aromatic N) is 3. The summed E-state index contributed by atoms with van der Waals surface area (Å²) < 4.78 is 11.8. The standard InChI is InChI=1S/C7H12ClN3O2/c1-12-4-6(13-2)3-11-5-9-10-7(11)8/h5-6H,3-4H2,1-2H3. The first-order valence-electron chi connectivity index (χ1n) is 3.83. The molecule has 1 aromatic rings. The number of ether oxygens (including phenoxy) is 2. The van der Waals surface area contributed by atoms with Gasteiger partial charge < -0.3 is 14.0 Å². The van der Waals surface area contributed by atoms with Crippen LogP contribution in [0.25, 0.3) is 0 Å². The van der Waals surface area contributed by atoms with Crippen LogP contribution >= 0.6 is 11.6 Å². The van der Waals surface area contributed by atoms with Crippen LogP contribution in [0.2, 0.25) is 5.28 Å². The van der Waals surface area contributed by atoms with Crippen molar-refractivity contribution in [2.45, 2.75) is 12.6 Å². The Morgan fingerprint density at radius 1 is 1.62 bits per heavy atom. The molecule has 0 bridgehead atoms. The molecule has 0 aliphatic rings. The van der Waals surface area contributed by atoms with Gasteiger partial charge in [0.2, 0.25) is 5.28 Å². The molecule has 0 amide bonds. The van der Waals surface area contributed by atoms with Crippen molar-refractivity contribution >= 4 is 11.6 Å². The molecule has 0 aliphatic heterocycles. The zero-order chi connectivity index (χ0) is 9.68. The highest BCUT2D eigenvalue weighted by atomic mass is 35.5. The highest BCUT2D eigenvalue weighted by molar-refractivity contribution is 6.28. The molecule has 6 heteroatoms. The van der Waals surface area contributed by atoms with E-state index in [1.54, 1.807) is 25.1 Å². The van der Waals surface area contributed by atoms with Crippen LogP contribution in [0.1, 0.15) is 0 Å². The highest BCUT2D eigenvalue weighted by Crippen LogP contribution is 2.05. The van der Waals surface area contributed by atoms with E-state index >= 15 is 0 Å². The first kappa shape index (κ1) is 10.4. The fourth-order valence-electron chi connectivity index (χ4n) is 0.964. The molecule has 5 nitrogen and oxygen atoms in total. The van der Waals surface area contributed by atoms with Crippen LogP contribution in [0.15, 0.2) is 6.33 Å². The average Bonchev–Trinajstić information content (AvgIpc) is 2.51. The molecular formula is C7H12ClN3O2. The number of hydrogen-bond acceptors (Lipinski definition) is 4. The average molecular weight is 206 g/mol. The van der Waals surface area contributed by atoms with E-state index in [1.807, 2.05) is 0 Å². The van der Waals surface area contributed by atoms with E-state index in [9.17, 15) is 0 Å². The molecule has 1 heterocycles. The summed E-state index contributed by atoms with van der Waals surface area (Å²) in [5.74, 6) is 0. The predicted octanol–water partition coefficient (Wildman–Crippen LogP) is 0.593. The maximum atomic E-state index is 5.73. The number of aromatic nitrogens is 3. The Morgan fingerprint density at radius 3 is 2.85 bits per heavy atom. The van der Waals surface area contributed by atoms with E-state index in [1.165, 1.54) is 0 Å². The third-order valence-electron chi connectivity index (χ3n) is 1.65. The van der Waals surface area contributed by atoms with E-state index in [0.717, 1.165) is 0 Å². The lowest BCUT2D eigenvalue weighted by molar-refractivity contribution is 0.0183. The van der Waals surface area contributed by atoms with Gasteiger partial charge >= 0.3 is 0 Å². The van der Waals surface area contributed by atoms with E-state index < -0.39 is 0 Å². The Labute approximate surface area is 81.6 Å². The lowest BCUT2D eigenvalue weighted by atomic mass is 10.4. The summed E-state index contributed by atoms with van der Waals surface area (Å²) in [4.78, 5) is 0. The minimum Gasteiger partial charge on any atom is -0.382 e. The summed E-state index contributed by atoms with van der Waals surface area (Å²) in [7, 11) is 3.25. The second-order valence-corrected chi connectivity index (χ2v) is 2.90. The van der Waals surface area contributed by atoms with Crippen LogP contribution < -0.4 is 0 Å². The summed E-state index contributed by atoms with van der Waals surface area (Å²) >= 11 is 5.73. The Bertz CT molecular complexity index is 254. The third-order valence-corrected chi connectivity index (χ3v) is 1.95. The van der Waals surface area contributed by atoms with Gasteiger partial charge in [-0.15, -0.1) is 10.2 Å². The normalized spacial score (nSPS) is 13.2. The molecule has 1 rings (SSSR count). The first-order valence-corrected chi connectivity index (χ1v) is 4.20. The maximum absolute atomic E-state index is 5.73. The smallest absolute Gasteiger partial charge is 0.224 e. The molecule has 1 unspecified atom stereocenters. The zero-order valence-corrected chi connectivity index (χ0v) is 8.36. The molecule has 0 fully saturated rings. The summed E-state index contributed by atoms with van der Waals surface area (Å²) in [6, 6.07) is 0. The SMILES string of the molecule is COCC(Cn1cnnc1Cl)OC. The first-order chi connectivity index (χ1) is 6.27. The van der Waals surface area contributed by atoms with Gasteiger partial charge in [-0.1, -0.05) is 0 Å². The second-order valence-electron chi connectivity index (χ2n) is 2.57. The monoisotopic (exact) mass is 205 g/mol.